The number of carbonyl (C=O) groups is 1. The first-order chi connectivity index (χ1) is 13.2. The number of rotatable bonds is 5. The minimum atomic E-state index is -0.257. The monoisotopic (exact) mass is 366 g/mol. The zero-order valence-corrected chi connectivity index (χ0v) is 15.4. The highest BCUT2D eigenvalue weighted by atomic mass is 19.1. The third kappa shape index (κ3) is 3.66. The molecule has 1 aliphatic rings. The number of ether oxygens (including phenoxy) is 1. The van der Waals surface area contributed by atoms with Gasteiger partial charge in [-0.1, -0.05) is 37.3 Å². The molecule has 0 unspecified atom stereocenters. The van der Waals surface area contributed by atoms with Gasteiger partial charge in [-0.25, -0.2) is 4.39 Å². The molecule has 0 radical (unpaired) electrons. The van der Waals surface area contributed by atoms with Crippen molar-refractivity contribution in [2.24, 2.45) is 0 Å². The topological polar surface area (TPSA) is 45.3 Å². The summed E-state index contributed by atoms with van der Waals surface area (Å²) >= 11 is 0. The van der Waals surface area contributed by atoms with E-state index in [1.54, 1.807) is 12.1 Å². The number of nitrogens with zero attached hydrogens (tertiary/aromatic N) is 1. The molecule has 0 amide bonds. The summed E-state index contributed by atoms with van der Waals surface area (Å²) in [4.78, 5) is 18.3. The Bertz CT molecular complexity index is 949. The lowest BCUT2D eigenvalue weighted by Crippen LogP contribution is -2.41. The number of para-hydroxylation sites is 1. The molecule has 1 aliphatic heterocycles. The lowest BCUT2D eigenvalue weighted by Gasteiger charge is -2.32. The number of halogens is 1. The Kier molecular flexibility index (Phi) is 5.05. The number of aromatic nitrogens is 1. The van der Waals surface area contributed by atoms with Crippen molar-refractivity contribution in [3.05, 3.63) is 71.2 Å². The molecule has 1 N–H and O–H groups in total. The van der Waals surface area contributed by atoms with Gasteiger partial charge in [0.05, 0.1) is 19.3 Å². The normalized spacial score (nSPS) is 18.1. The number of Topliss-reactive ketones (excluding diaryl/α,β-unsaturated/α-hetero) is 1. The second-order valence-electron chi connectivity index (χ2n) is 6.96. The number of ketones is 1. The zero-order chi connectivity index (χ0) is 18.8. The van der Waals surface area contributed by atoms with E-state index in [1.165, 1.54) is 17.7 Å². The number of benzene rings is 2. The third-order valence-corrected chi connectivity index (χ3v) is 5.24. The number of morpholine rings is 1. The van der Waals surface area contributed by atoms with E-state index in [-0.39, 0.29) is 17.7 Å². The maximum absolute atomic E-state index is 13.1. The highest BCUT2D eigenvalue weighted by Crippen LogP contribution is 2.25. The van der Waals surface area contributed by atoms with Gasteiger partial charge in [-0.3, -0.25) is 9.69 Å². The van der Waals surface area contributed by atoms with E-state index in [9.17, 15) is 9.18 Å². The summed E-state index contributed by atoms with van der Waals surface area (Å²) in [6.07, 6.45) is 2.61. The molecule has 0 aliphatic carbocycles. The van der Waals surface area contributed by atoms with Crippen LogP contribution in [0.2, 0.25) is 0 Å². The van der Waals surface area contributed by atoms with Crippen LogP contribution in [0, 0.1) is 5.82 Å². The van der Waals surface area contributed by atoms with Crippen molar-refractivity contribution in [3.63, 3.8) is 0 Å². The Balaban J connectivity index is 1.49. The van der Waals surface area contributed by atoms with Crippen LogP contribution < -0.4 is 0 Å². The van der Waals surface area contributed by atoms with Crippen molar-refractivity contribution < 1.29 is 13.9 Å². The molecule has 27 heavy (non-hydrogen) atoms. The number of hydrogen-bond donors (Lipinski definition) is 1. The Morgan fingerprint density at radius 3 is 2.85 bits per heavy atom. The van der Waals surface area contributed by atoms with E-state index in [0.29, 0.717) is 26.2 Å². The Hall–Kier alpha value is -2.50. The fourth-order valence-electron chi connectivity index (χ4n) is 3.76. The van der Waals surface area contributed by atoms with Gasteiger partial charge >= 0.3 is 0 Å². The molecular weight excluding hydrogens is 343 g/mol. The number of fused-ring (bicyclic) bond motifs is 1. The number of hydrogen-bond acceptors (Lipinski definition) is 3. The highest BCUT2D eigenvalue weighted by molar-refractivity contribution is 6.09. The molecule has 2 aromatic carbocycles. The quantitative estimate of drug-likeness (QED) is 0.691. The maximum Gasteiger partial charge on any atom is 0.178 e. The van der Waals surface area contributed by atoms with Crippen LogP contribution in [0.25, 0.3) is 10.9 Å². The molecule has 5 heteroatoms. The minimum absolute atomic E-state index is 0.106. The summed E-state index contributed by atoms with van der Waals surface area (Å²) in [5.41, 5.74) is 3.95. The molecule has 0 saturated carbocycles. The molecule has 2 heterocycles. The zero-order valence-electron chi connectivity index (χ0n) is 15.4. The predicted octanol–water partition coefficient (Wildman–Crippen LogP) is 4.13. The van der Waals surface area contributed by atoms with Gasteiger partial charge in [-0.05, 0) is 29.7 Å². The standard InChI is InChI=1S/C22H23FN2O2/c1-2-15-4-3-5-18-19(12-24-22(15)18)20(26)13-25-10-11-27-21(14-25)16-6-8-17(23)9-7-16/h3-9,12,21,24H,2,10-11,13-14H2,1H3/t21-/m1/s1. The number of carbonyl (C=O) groups excluding carboxylic acids is 1. The summed E-state index contributed by atoms with van der Waals surface area (Å²) in [6.45, 7) is 4.36. The molecule has 4 rings (SSSR count). The number of aryl methyl sites for hydroxylation is 1. The fourth-order valence-corrected chi connectivity index (χ4v) is 3.76. The molecule has 1 fully saturated rings. The van der Waals surface area contributed by atoms with E-state index in [0.717, 1.165) is 28.5 Å². The first-order valence-corrected chi connectivity index (χ1v) is 9.37. The number of aromatic amines is 1. The second-order valence-corrected chi connectivity index (χ2v) is 6.96. The van der Waals surface area contributed by atoms with Crippen molar-refractivity contribution in [3.8, 4) is 0 Å². The van der Waals surface area contributed by atoms with E-state index in [1.807, 2.05) is 18.3 Å². The summed E-state index contributed by atoms with van der Waals surface area (Å²) in [7, 11) is 0. The summed E-state index contributed by atoms with van der Waals surface area (Å²) in [6, 6.07) is 12.5. The summed E-state index contributed by atoms with van der Waals surface area (Å²) in [5, 5.41) is 0.989. The second kappa shape index (κ2) is 7.62. The number of H-pyrrole nitrogens is 1. The highest BCUT2D eigenvalue weighted by Gasteiger charge is 2.24. The van der Waals surface area contributed by atoms with Crippen LogP contribution in [0.4, 0.5) is 4.39 Å². The van der Waals surface area contributed by atoms with Crippen LogP contribution in [-0.4, -0.2) is 41.9 Å². The van der Waals surface area contributed by atoms with Crippen LogP contribution in [0.1, 0.15) is 34.5 Å². The van der Waals surface area contributed by atoms with Crippen LogP contribution >= 0.6 is 0 Å². The van der Waals surface area contributed by atoms with Gasteiger partial charge in [0, 0.05) is 35.8 Å². The Morgan fingerprint density at radius 1 is 1.26 bits per heavy atom. The maximum atomic E-state index is 13.1. The lowest BCUT2D eigenvalue weighted by atomic mass is 10.0. The third-order valence-electron chi connectivity index (χ3n) is 5.24. The van der Waals surface area contributed by atoms with Crippen LogP contribution in [-0.2, 0) is 11.2 Å². The molecule has 0 bridgehead atoms. The van der Waals surface area contributed by atoms with Gasteiger partial charge in [0.2, 0.25) is 0 Å². The van der Waals surface area contributed by atoms with Gasteiger partial charge in [0.15, 0.2) is 5.78 Å². The smallest absolute Gasteiger partial charge is 0.178 e. The van der Waals surface area contributed by atoms with Crippen LogP contribution in [0.15, 0.2) is 48.7 Å². The van der Waals surface area contributed by atoms with E-state index < -0.39 is 0 Å². The summed E-state index contributed by atoms with van der Waals surface area (Å²) < 4.78 is 19.0. The molecule has 1 saturated heterocycles. The van der Waals surface area contributed by atoms with Crippen molar-refractivity contribution >= 4 is 16.7 Å². The Morgan fingerprint density at radius 2 is 2.07 bits per heavy atom. The van der Waals surface area contributed by atoms with Crippen molar-refractivity contribution in [1.82, 2.24) is 9.88 Å². The van der Waals surface area contributed by atoms with Gasteiger partial charge in [-0.2, -0.15) is 0 Å². The van der Waals surface area contributed by atoms with Crippen molar-refractivity contribution in [2.45, 2.75) is 19.4 Å². The molecule has 0 spiro atoms. The predicted molar refractivity (Wildman–Crippen MR) is 104 cm³/mol. The Labute approximate surface area is 157 Å². The van der Waals surface area contributed by atoms with Gasteiger partial charge in [0.1, 0.15) is 5.82 Å². The largest absolute Gasteiger partial charge is 0.371 e. The van der Waals surface area contributed by atoms with E-state index in [2.05, 4.69) is 22.9 Å². The van der Waals surface area contributed by atoms with Gasteiger partial charge in [0.25, 0.3) is 0 Å². The first kappa shape index (κ1) is 17.9. The first-order valence-electron chi connectivity index (χ1n) is 9.37. The van der Waals surface area contributed by atoms with E-state index >= 15 is 0 Å². The van der Waals surface area contributed by atoms with Gasteiger partial charge < -0.3 is 9.72 Å². The van der Waals surface area contributed by atoms with Crippen LogP contribution in [0.3, 0.4) is 0 Å². The number of nitrogens with one attached hydrogen (secondary N) is 1. The summed E-state index contributed by atoms with van der Waals surface area (Å²) in [5.74, 6) is -0.151. The molecule has 1 aromatic heterocycles. The molecular formula is C22H23FN2O2. The minimum Gasteiger partial charge on any atom is -0.371 e. The van der Waals surface area contributed by atoms with Gasteiger partial charge in [-0.15, -0.1) is 0 Å². The average Bonchev–Trinajstić information content (AvgIpc) is 3.13. The molecule has 4 nitrogen and oxygen atoms in total. The van der Waals surface area contributed by atoms with Crippen molar-refractivity contribution in [1.29, 1.82) is 0 Å². The molecule has 3 aromatic rings. The lowest BCUT2D eigenvalue weighted by molar-refractivity contribution is -0.0275. The fraction of sp³-hybridized carbons (Fsp3) is 0.318. The van der Waals surface area contributed by atoms with Crippen LogP contribution in [0.5, 0.6) is 0 Å². The molecule has 1 atom stereocenters. The molecule has 140 valence electrons. The van der Waals surface area contributed by atoms with E-state index in [4.69, 9.17) is 4.74 Å². The van der Waals surface area contributed by atoms with Crippen molar-refractivity contribution in [2.75, 3.05) is 26.2 Å². The SMILES string of the molecule is CCc1cccc2c(C(=O)CN3CCO[C@@H](c4ccc(F)cc4)C3)c[nH]c12. The average molecular weight is 366 g/mol.